The fourth-order valence-electron chi connectivity index (χ4n) is 3.60. The Bertz CT molecular complexity index is 995. The minimum atomic E-state index is -0.743. The summed E-state index contributed by atoms with van der Waals surface area (Å²) in [5.74, 6) is -0.869. The zero-order valence-electron chi connectivity index (χ0n) is 17.5. The minimum absolute atomic E-state index is 0.0361. The van der Waals surface area contributed by atoms with Crippen molar-refractivity contribution in [1.82, 2.24) is 9.80 Å². The molecule has 0 spiro atoms. The molecule has 158 valence electrons. The molecule has 7 heteroatoms. The number of hydrogen-bond acceptors (Lipinski definition) is 6. The number of nitrogens with zero attached hydrogens (tertiary/aromatic N) is 2. The fourth-order valence-corrected chi connectivity index (χ4v) is 3.60. The maximum Gasteiger partial charge on any atom is 0.295 e. The van der Waals surface area contributed by atoms with Crippen LogP contribution in [-0.2, 0) is 9.59 Å². The second-order valence-corrected chi connectivity index (χ2v) is 7.57. The number of hydrogen-bond donors (Lipinski definition) is 2. The lowest BCUT2D eigenvalue weighted by atomic mass is 9.94. The van der Waals surface area contributed by atoms with Gasteiger partial charge in [-0.15, -0.1) is 0 Å². The Hall–Kier alpha value is -3.32. The Morgan fingerprint density at radius 1 is 1.13 bits per heavy atom. The number of aliphatic hydroxyl groups is 1. The molecule has 2 aromatic carbocycles. The molecule has 0 bridgehead atoms. The van der Waals surface area contributed by atoms with Crippen molar-refractivity contribution in [1.29, 1.82) is 0 Å². The molecule has 1 fully saturated rings. The molecule has 1 aliphatic heterocycles. The van der Waals surface area contributed by atoms with Crippen molar-refractivity contribution in [3.05, 3.63) is 64.7 Å². The van der Waals surface area contributed by atoms with E-state index in [0.717, 1.165) is 5.56 Å². The van der Waals surface area contributed by atoms with Crippen molar-refractivity contribution in [2.45, 2.75) is 13.0 Å². The molecule has 0 radical (unpaired) electrons. The smallest absolute Gasteiger partial charge is 0.295 e. The molecule has 0 aliphatic carbocycles. The largest absolute Gasteiger partial charge is 0.508 e. The van der Waals surface area contributed by atoms with Gasteiger partial charge in [0.05, 0.1) is 18.7 Å². The van der Waals surface area contributed by atoms with Gasteiger partial charge in [-0.1, -0.05) is 12.1 Å². The van der Waals surface area contributed by atoms with Crippen LogP contribution in [0.4, 0.5) is 0 Å². The standard InChI is InChI=1S/C23H26N2O5/c1-14-13-16(7-10-18(14)30-4)21(27)19-20(15-5-8-17(26)9-6-15)25(12-11-24(2)3)23(29)22(19)28/h5-10,13,20,26-27H,11-12H2,1-4H3/b21-19+/t20-/m1/s1. The van der Waals surface area contributed by atoms with E-state index in [-0.39, 0.29) is 17.1 Å². The number of aliphatic hydroxyl groups excluding tert-OH is 1. The molecule has 0 unspecified atom stereocenters. The Labute approximate surface area is 175 Å². The van der Waals surface area contributed by atoms with Crippen LogP contribution in [0.15, 0.2) is 48.0 Å². The lowest BCUT2D eigenvalue weighted by molar-refractivity contribution is -0.140. The van der Waals surface area contributed by atoms with Gasteiger partial charge in [0, 0.05) is 18.7 Å². The van der Waals surface area contributed by atoms with E-state index in [0.29, 0.717) is 30.0 Å². The van der Waals surface area contributed by atoms with E-state index in [1.54, 1.807) is 37.4 Å². The summed E-state index contributed by atoms with van der Waals surface area (Å²) in [6.45, 7) is 2.72. The van der Waals surface area contributed by atoms with Crippen LogP contribution in [0.5, 0.6) is 11.5 Å². The second kappa shape index (κ2) is 8.59. The van der Waals surface area contributed by atoms with Crippen LogP contribution in [0, 0.1) is 6.92 Å². The predicted octanol–water partition coefficient (Wildman–Crippen LogP) is 2.69. The van der Waals surface area contributed by atoms with Crippen molar-refractivity contribution < 1.29 is 24.5 Å². The lowest BCUT2D eigenvalue weighted by Crippen LogP contribution is -2.35. The second-order valence-electron chi connectivity index (χ2n) is 7.57. The third-order valence-electron chi connectivity index (χ3n) is 5.21. The quantitative estimate of drug-likeness (QED) is 0.432. The average Bonchev–Trinajstić information content (AvgIpc) is 2.96. The van der Waals surface area contributed by atoms with Gasteiger partial charge < -0.3 is 24.7 Å². The normalized spacial score (nSPS) is 18.3. The molecule has 1 saturated heterocycles. The number of phenols is 1. The van der Waals surface area contributed by atoms with Gasteiger partial charge in [-0.05, 0) is 62.5 Å². The van der Waals surface area contributed by atoms with Crippen LogP contribution in [-0.4, -0.2) is 66.0 Å². The van der Waals surface area contributed by atoms with Crippen molar-refractivity contribution >= 4 is 17.4 Å². The van der Waals surface area contributed by atoms with Crippen LogP contribution in [0.2, 0.25) is 0 Å². The van der Waals surface area contributed by atoms with Gasteiger partial charge in [0.2, 0.25) is 0 Å². The number of phenolic OH excluding ortho intramolecular Hbond substituents is 1. The molecule has 7 nitrogen and oxygen atoms in total. The molecular formula is C23H26N2O5. The van der Waals surface area contributed by atoms with E-state index < -0.39 is 17.7 Å². The van der Waals surface area contributed by atoms with Gasteiger partial charge in [-0.25, -0.2) is 0 Å². The third-order valence-corrected chi connectivity index (χ3v) is 5.21. The van der Waals surface area contributed by atoms with Gasteiger partial charge in [0.1, 0.15) is 17.3 Å². The Kier molecular flexibility index (Phi) is 6.12. The highest BCUT2D eigenvalue weighted by Crippen LogP contribution is 2.40. The summed E-state index contributed by atoms with van der Waals surface area (Å²) in [5, 5.41) is 20.7. The highest BCUT2D eigenvalue weighted by Gasteiger charge is 2.45. The first-order chi connectivity index (χ1) is 14.2. The first-order valence-corrected chi connectivity index (χ1v) is 9.61. The number of likely N-dealkylation sites (N-methyl/N-ethyl adjacent to an activating group) is 1. The van der Waals surface area contributed by atoms with Crippen molar-refractivity contribution in [2.75, 3.05) is 34.3 Å². The van der Waals surface area contributed by atoms with E-state index in [1.165, 1.54) is 17.0 Å². The van der Waals surface area contributed by atoms with Gasteiger partial charge in [0.15, 0.2) is 0 Å². The molecule has 0 aromatic heterocycles. The van der Waals surface area contributed by atoms with E-state index in [2.05, 4.69) is 0 Å². The Morgan fingerprint density at radius 2 is 1.80 bits per heavy atom. The van der Waals surface area contributed by atoms with Crippen LogP contribution >= 0.6 is 0 Å². The average molecular weight is 410 g/mol. The number of Topliss-reactive ketones (excluding diaryl/α,β-unsaturated/α-hetero) is 1. The van der Waals surface area contributed by atoms with Gasteiger partial charge in [0.25, 0.3) is 11.7 Å². The molecule has 2 N–H and O–H groups in total. The summed E-state index contributed by atoms with van der Waals surface area (Å²) >= 11 is 0. The van der Waals surface area contributed by atoms with Crippen LogP contribution in [0.3, 0.4) is 0 Å². The molecule has 1 heterocycles. The minimum Gasteiger partial charge on any atom is -0.508 e. The number of methoxy groups -OCH3 is 1. The van der Waals surface area contributed by atoms with Crippen molar-refractivity contribution in [3.63, 3.8) is 0 Å². The first-order valence-electron chi connectivity index (χ1n) is 9.61. The highest BCUT2D eigenvalue weighted by atomic mass is 16.5. The molecule has 1 aliphatic rings. The van der Waals surface area contributed by atoms with Gasteiger partial charge in [-0.2, -0.15) is 0 Å². The van der Waals surface area contributed by atoms with E-state index in [4.69, 9.17) is 4.74 Å². The molecule has 0 saturated carbocycles. The summed E-state index contributed by atoms with van der Waals surface area (Å²) in [6, 6.07) is 10.6. The fraction of sp³-hybridized carbons (Fsp3) is 0.304. The number of aryl methyl sites for hydroxylation is 1. The van der Waals surface area contributed by atoms with Crippen LogP contribution in [0.25, 0.3) is 5.76 Å². The van der Waals surface area contributed by atoms with Gasteiger partial charge >= 0.3 is 0 Å². The SMILES string of the molecule is COc1ccc(/C(O)=C2\C(=O)C(=O)N(CCN(C)C)[C@@H]2c2ccc(O)cc2)cc1C. The van der Waals surface area contributed by atoms with Crippen LogP contribution in [0.1, 0.15) is 22.7 Å². The van der Waals surface area contributed by atoms with Gasteiger partial charge in [-0.3, -0.25) is 9.59 Å². The summed E-state index contributed by atoms with van der Waals surface area (Å²) < 4.78 is 5.26. The molecule has 2 aromatic rings. The Balaban J connectivity index is 2.14. The number of ketones is 1. The summed E-state index contributed by atoms with van der Waals surface area (Å²) in [6.07, 6.45) is 0. The van der Waals surface area contributed by atoms with Crippen molar-refractivity contribution in [2.24, 2.45) is 0 Å². The van der Waals surface area contributed by atoms with Crippen molar-refractivity contribution in [3.8, 4) is 11.5 Å². The molecule has 30 heavy (non-hydrogen) atoms. The predicted molar refractivity (Wildman–Crippen MR) is 113 cm³/mol. The molecule has 1 atom stereocenters. The summed E-state index contributed by atoms with van der Waals surface area (Å²) in [4.78, 5) is 29.1. The first kappa shape index (κ1) is 21.4. The summed E-state index contributed by atoms with van der Waals surface area (Å²) in [5.41, 5.74) is 1.90. The van der Waals surface area contributed by atoms with Crippen LogP contribution < -0.4 is 4.74 Å². The number of carbonyl (C=O) groups is 2. The number of likely N-dealkylation sites (tertiary alicyclic amines) is 1. The van der Waals surface area contributed by atoms with E-state index in [9.17, 15) is 19.8 Å². The van der Waals surface area contributed by atoms with E-state index in [1.807, 2.05) is 25.9 Å². The molecule has 1 amide bonds. The molecule has 3 rings (SSSR count). The number of benzene rings is 2. The summed E-state index contributed by atoms with van der Waals surface area (Å²) in [7, 11) is 5.32. The highest BCUT2D eigenvalue weighted by molar-refractivity contribution is 6.46. The number of carbonyl (C=O) groups excluding carboxylic acids is 2. The van der Waals surface area contributed by atoms with E-state index >= 15 is 0 Å². The Morgan fingerprint density at radius 3 is 2.37 bits per heavy atom. The number of aromatic hydroxyl groups is 1. The lowest BCUT2D eigenvalue weighted by Gasteiger charge is -2.26. The zero-order valence-corrected chi connectivity index (χ0v) is 17.5. The monoisotopic (exact) mass is 410 g/mol. The number of ether oxygens (including phenoxy) is 1. The maximum absolute atomic E-state index is 12.9. The number of rotatable bonds is 6. The molecular weight excluding hydrogens is 384 g/mol. The number of amides is 1. The zero-order chi connectivity index (χ0) is 22.0. The third kappa shape index (κ3) is 4.02. The topological polar surface area (TPSA) is 90.3 Å². The maximum atomic E-state index is 12.9.